The number of fused-ring (bicyclic) bond motifs is 1. The van der Waals surface area contributed by atoms with Crippen molar-refractivity contribution in [3.05, 3.63) is 54.1 Å². The van der Waals surface area contributed by atoms with E-state index in [1.165, 1.54) is 12.1 Å². The highest BCUT2D eigenvalue weighted by Gasteiger charge is 2.32. The molecule has 0 aliphatic carbocycles. The molecule has 0 amide bonds. The Balaban J connectivity index is 0.000000174. The lowest BCUT2D eigenvalue weighted by Gasteiger charge is -2.09. The van der Waals surface area contributed by atoms with Gasteiger partial charge in [0.2, 0.25) is 0 Å². The van der Waals surface area contributed by atoms with Crippen molar-refractivity contribution in [2.45, 2.75) is 25.2 Å². The van der Waals surface area contributed by atoms with Gasteiger partial charge in [0.05, 0.1) is 11.4 Å². The van der Waals surface area contributed by atoms with Crippen molar-refractivity contribution >= 4 is 5.69 Å². The first kappa shape index (κ1) is 18.0. The van der Waals surface area contributed by atoms with Crippen LogP contribution in [0.2, 0.25) is 0 Å². The van der Waals surface area contributed by atoms with Crippen LogP contribution in [0, 0.1) is 5.82 Å². The van der Waals surface area contributed by atoms with E-state index in [-0.39, 0.29) is 6.04 Å². The third-order valence-electron chi connectivity index (χ3n) is 3.26. The number of nitrogens with one attached hydrogen (secondary N) is 1. The van der Waals surface area contributed by atoms with Gasteiger partial charge >= 0.3 is 6.36 Å². The lowest BCUT2D eigenvalue weighted by Crippen LogP contribution is -2.17. The smallest absolute Gasteiger partial charge is 0.403 e. The Morgan fingerprint density at radius 2 is 1.92 bits per heavy atom. The Labute approximate surface area is 136 Å². The molecule has 0 saturated carbocycles. The van der Waals surface area contributed by atoms with E-state index in [0.29, 0.717) is 0 Å². The maximum atomic E-state index is 12.5. The molecule has 1 atom stereocenters. The Morgan fingerprint density at radius 3 is 2.62 bits per heavy atom. The van der Waals surface area contributed by atoms with Crippen molar-refractivity contribution in [1.82, 2.24) is 4.98 Å². The van der Waals surface area contributed by atoms with Crippen molar-refractivity contribution in [1.29, 1.82) is 0 Å². The van der Waals surface area contributed by atoms with Crippen molar-refractivity contribution in [3.8, 4) is 5.75 Å². The normalized spacial score (nSPS) is 16.8. The molecule has 24 heavy (non-hydrogen) atoms. The number of para-hydroxylation sites is 1. The standard InChI is InChI=1S/C9H13N3.C7H4F4O/c10-7-3-1-5-11-8-4-2-6-12-9(7)8;8-5-3-1-2-4-6(5)12-7(9,10)11/h2,4,6-7,11H,1,3,5,10H2;1-4H/t7-;/m1./s1. The number of alkyl halides is 3. The van der Waals surface area contributed by atoms with Crippen LogP contribution in [0.15, 0.2) is 42.6 Å². The summed E-state index contributed by atoms with van der Waals surface area (Å²) in [5.74, 6) is -1.85. The molecule has 3 N–H and O–H groups in total. The van der Waals surface area contributed by atoms with E-state index in [9.17, 15) is 17.6 Å². The molecule has 1 aromatic carbocycles. The number of ether oxygens (including phenoxy) is 1. The van der Waals surface area contributed by atoms with Gasteiger partial charge < -0.3 is 15.8 Å². The van der Waals surface area contributed by atoms with Gasteiger partial charge in [-0.1, -0.05) is 12.1 Å². The first-order chi connectivity index (χ1) is 11.4. The molecular weight excluding hydrogens is 326 g/mol. The van der Waals surface area contributed by atoms with Gasteiger partial charge in [-0.2, -0.15) is 0 Å². The second-order valence-electron chi connectivity index (χ2n) is 5.09. The van der Waals surface area contributed by atoms with E-state index >= 15 is 0 Å². The SMILES string of the molecule is Fc1ccccc1OC(F)(F)F.N[C@@H]1CCCNc2cccnc21. The number of pyridine rings is 1. The molecule has 0 spiro atoms. The van der Waals surface area contributed by atoms with Crippen molar-refractivity contribution in [2.75, 3.05) is 11.9 Å². The first-order valence-corrected chi connectivity index (χ1v) is 7.31. The average molecular weight is 343 g/mol. The minimum absolute atomic E-state index is 0.108. The minimum atomic E-state index is -4.85. The summed E-state index contributed by atoms with van der Waals surface area (Å²) >= 11 is 0. The molecule has 0 radical (unpaired) electrons. The summed E-state index contributed by atoms with van der Waals surface area (Å²) in [6, 6.07) is 8.40. The molecule has 0 bridgehead atoms. The van der Waals surface area contributed by atoms with Crippen LogP contribution in [0.4, 0.5) is 23.2 Å². The highest BCUT2D eigenvalue weighted by molar-refractivity contribution is 5.49. The van der Waals surface area contributed by atoms with Gasteiger partial charge in [-0.15, -0.1) is 13.2 Å². The Hall–Kier alpha value is -2.35. The number of nitrogens with zero attached hydrogens (tertiary/aromatic N) is 1. The Morgan fingerprint density at radius 1 is 1.17 bits per heavy atom. The molecule has 1 aliphatic heterocycles. The molecule has 0 fully saturated rings. The summed E-state index contributed by atoms with van der Waals surface area (Å²) in [6.45, 7) is 1.01. The van der Waals surface area contributed by atoms with E-state index in [2.05, 4.69) is 15.0 Å². The zero-order valence-corrected chi connectivity index (χ0v) is 12.7. The summed E-state index contributed by atoms with van der Waals surface area (Å²) in [5, 5.41) is 3.31. The van der Waals surface area contributed by atoms with E-state index in [1.54, 1.807) is 6.20 Å². The second kappa shape index (κ2) is 7.96. The lowest BCUT2D eigenvalue weighted by molar-refractivity contribution is -0.275. The molecule has 8 heteroatoms. The summed E-state index contributed by atoms with van der Waals surface area (Å²) in [4.78, 5) is 4.27. The highest BCUT2D eigenvalue weighted by atomic mass is 19.4. The summed E-state index contributed by atoms with van der Waals surface area (Å²) < 4.78 is 50.4. The van der Waals surface area contributed by atoms with Crippen LogP contribution in [0.3, 0.4) is 0 Å². The fourth-order valence-electron chi connectivity index (χ4n) is 2.20. The van der Waals surface area contributed by atoms with Crippen molar-refractivity contribution in [2.24, 2.45) is 5.73 Å². The van der Waals surface area contributed by atoms with Crippen LogP contribution in [-0.4, -0.2) is 17.9 Å². The van der Waals surface area contributed by atoms with E-state index in [4.69, 9.17) is 5.73 Å². The van der Waals surface area contributed by atoms with Gasteiger partial charge in [0.1, 0.15) is 0 Å². The van der Waals surface area contributed by atoms with Crippen molar-refractivity contribution < 1.29 is 22.3 Å². The fourth-order valence-corrected chi connectivity index (χ4v) is 2.20. The summed E-state index contributed by atoms with van der Waals surface area (Å²) in [5.41, 5.74) is 8.05. The zero-order valence-electron chi connectivity index (χ0n) is 12.7. The fraction of sp³-hybridized carbons (Fsp3) is 0.312. The number of rotatable bonds is 1. The lowest BCUT2D eigenvalue weighted by atomic mass is 10.1. The minimum Gasteiger partial charge on any atom is -0.403 e. The van der Waals surface area contributed by atoms with Gasteiger partial charge in [0.15, 0.2) is 11.6 Å². The predicted octanol–water partition coefficient (Wildman–Crippen LogP) is 4.01. The highest BCUT2D eigenvalue weighted by Crippen LogP contribution is 2.25. The molecule has 0 unspecified atom stereocenters. The number of aromatic nitrogens is 1. The quantitative estimate of drug-likeness (QED) is 0.768. The monoisotopic (exact) mass is 343 g/mol. The van der Waals surface area contributed by atoms with Gasteiger partial charge in [-0.3, -0.25) is 4.98 Å². The predicted molar refractivity (Wildman–Crippen MR) is 82.0 cm³/mol. The van der Waals surface area contributed by atoms with E-state index < -0.39 is 17.9 Å². The number of halogens is 4. The number of anilines is 1. The number of benzene rings is 1. The molecule has 130 valence electrons. The average Bonchev–Trinajstić information content (AvgIpc) is 2.71. The molecule has 4 nitrogen and oxygen atoms in total. The third-order valence-corrected chi connectivity index (χ3v) is 3.26. The third kappa shape index (κ3) is 5.38. The Bertz CT molecular complexity index is 664. The van der Waals surface area contributed by atoms with E-state index in [1.807, 2.05) is 12.1 Å². The zero-order chi connectivity index (χ0) is 17.6. The summed E-state index contributed by atoms with van der Waals surface area (Å²) in [6.07, 6.45) is -0.900. The molecule has 1 aromatic heterocycles. The Kier molecular flexibility index (Phi) is 5.97. The maximum absolute atomic E-state index is 12.5. The van der Waals surface area contributed by atoms with Crippen LogP contribution in [0.1, 0.15) is 24.6 Å². The van der Waals surface area contributed by atoms with Crippen molar-refractivity contribution in [3.63, 3.8) is 0 Å². The molecule has 2 heterocycles. The van der Waals surface area contributed by atoms with Crippen LogP contribution in [-0.2, 0) is 0 Å². The van der Waals surface area contributed by atoms with Crippen LogP contribution >= 0.6 is 0 Å². The molecule has 2 aromatic rings. The molecular formula is C16H17F4N3O. The van der Waals surface area contributed by atoms with E-state index in [0.717, 1.165) is 42.9 Å². The molecule has 0 saturated heterocycles. The van der Waals surface area contributed by atoms with Gasteiger partial charge in [0.25, 0.3) is 0 Å². The van der Waals surface area contributed by atoms with Crippen LogP contribution in [0.25, 0.3) is 0 Å². The van der Waals surface area contributed by atoms with Gasteiger partial charge in [0, 0.05) is 18.8 Å². The largest absolute Gasteiger partial charge is 0.573 e. The summed E-state index contributed by atoms with van der Waals surface area (Å²) in [7, 11) is 0. The van der Waals surface area contributed by atoms with Crippen LogP contribution < -0.4 is 15.8 Å². The van der Waals surface area contributed by atoms with Crippen LogP contribution in [0.5, 0.6) is 5.75 Å². The molecule has 3 rings (SSSR count). The second-order valence-corrected chi connectivity index (χ2v) is 5.09. The number of hydrogen-bond donors (Lipinski definition) is 2. The first-order valence-electron chi connectivity index (χ1n) is 7.31. The van der Waals surface area contributed by atoms with Gasteiger partial charge in [-0.25, -0.2) is 4.39 Å². The maximum Gasteiger partial charge on any atom is 0.573 e. The number of nitrogens with two attached hydrogens (primary N) is 1. The topological polar surface area (TPSA) is 60.2 Å². The molecule has 1 aliphatic rings. The van der Waals surface area contributed by atoms with Gasteiger partial charge in [-0.05, 0) is 37.1 Å². The number of hydrogen-bond acceptors (Lipinski definition) is 4.